The Balaban J connectivity index is 2.23. The summed E-state index contributed by atoms with van der Waals surface area (Å²) in [6.45, 7) is 1.71. The maximum atomic E-state index is 12.8. The number of nitrogens with one attached hydrogen (secondary N) is 1. The molecule has 0 aliphatic heterocycles. The van der Waals surface area contributed by atoms with Crippen LogP contribution in [-0.2, 0) is 6.18 Å². The molecular weight excluding hydrogens is 335 g/mol. The van der Waals surface area contributed by atoms with Crippen LogP contribution in [0.4, 0.5) is 13.2 Å². The summed E-state index contributed by atoms with van der Waals surface area (Å²) in [5.41, 5.74) is -0.280. The molecule has 1 atom stereocenters. The van der Waals surface area contributed by atoms with Crippen LogP contribution in [-0.4, -0.2) is 20.1 Å². The zero-order chi connectivity index (χ0) is 18.6. The van der Waals surface area contributed by atoms with Gasteiger partial charge < -0.3 is 14.8 Å². The molecule has 0 bridgehead atoms. The molecule has 1 unspecified atom stereocenters. The highest BCUT2D eigenvalue weighted by molar-refractivity contribution is 5.94. The van der Waals surface area contributed by atoms with E-state index in [-0.39, 0.29) is 5.56 Å². The third kappa shape index (κ3) is 4.43. The predicted molar refractivity (Wildman–Crippen MR) is 86.9 cm³/mol. The molecular formula is C18H18F3NO3. The number of benzene rings is 2. The van der Waals surface area contributed by atoms with E-state index in [9.17, 15) is 18.0 Å². The number of rotatable bonds is 5. The van der Waals surface area contributed by atoms with E-state index in [1.54, 1.807) is 25.1 Å². The number of carbonyl (C=O) groups is 1. The molecule has 0 spiro atoms. The van der Waals surface area contributed by atoms with Gasteiger partial charge in [0, 0.05) is 11.1 Å². The molecule has 25 heavy (non-hydrogen) atoms. The van der Waals surface area contributed by atoms with Crippen molar-refractivity contribution in [2.45, 2.75) is 19.1 Å². The first-order valence-electron chi connectivity index (χ1n) is 7.46. The highest BCUT2D eigenvalue weighted by Crippen LogP contribution is 2.31. The van der Waals surface area contributed by atoms with Crippen LogP contribution in [0.5, 0.6) is 11.5 Å². The number of amides is 1. The fourth-order valence-corrected chi connectivity index (χ4v) is 2.37. The lowest BCUT2D eigenvalue weighted by Crippen LogP contribution is -2.27. The molecule has 0 aliphatic rings. The summed E-state index contributed by atoms with van der Waals surface area (Å²) in [7, 11) is 3.00. The van der Waals surface area contributed by atoms with Gasteiger partial charge in [-0.05, 0) is 43.3 Å². The van der Waals surface area contributed by atoms with Crippen LogP contribution >= 0.6 is 0 Å². The number of hydrogen-bond acceptors (Lipinski definition) is 3. The Morgan fingerprint density at radius 3 is 2.40 bits per heavy atom. The summed E-state index contributed by atoms with van der Waals surface area (Å²) in [5.74, 6) is 0.511. The summed E-state index contributed by atoms with van der Waals surface area (Å²) in [5, 5.41) is 2.68. The number of methoxy groups -OCH3 is 2. The Kier molecular flexibility index (Phi) is 5.56. The van der Waals surface area contributed by atoms with Crippen molar-refractivity contribution in [3.8, 4) is 11.5 Å². The second-order valence-electron chi connectivity index (χ2n) is 5.38. The van der Waals surface area contributed by atoms with Gasteiger partial charge in [-0.2, -0.15) is 13.2 Å². The van der Waals surface area contributed by atoms with E-state index in [0.29, 0.717) is 17.1 Å². The largest absolute Gasteiger partial charge is 0.497 e. The van der Waals surface area contributed by atoms with Gasteiger partial charge in [0.2, 0.25) is 0 Å². The average molecular weight is 353 g/mol. The highest BCUT2D eigenvalue weighted by Gasteiger charge is 2.31. The summed E-state index contributed by atoms with van der Waals surface area (Å²) in [4.78, 5) is 12.3. The number of halogens is 3. The van der Waals surface area contributed by atoms with E-state index in [1.807, 2.05) is 0 Å². The molecule has 0 saturated carbocycles. The van der Waals surface area contributed by atoms with E-state index in [2.05, 4.69) is 5.32 Å². The zero-order valence-corrected chi connectivity index (χ0v) is 14.0. The molecule has 0 radical (unpaired) electrons. The van der Waals surface area contributed by atoms with Gasteiger partial charge in [0.15, 0.2) is 0 Å². The number of carbonyl (C=O) groups excluding carboxylic acids is 1. The maximum Gasteiger partial charge on any atom is 0.416 e. The van der Waals surface area contributed by atoms with Crippen molar-refractivity contribution in [1.29, 1.82) is 0 Å². The summed E-state index contributed by atoms with van der Waals surface area (Å²) in [6.07, 6.45) is -4.50. The molecule has 7 heteroatoms. The SMILES string of the molecule is COc1ccc(OC)c(C(C)NC(=O)c2cccc(C(F)(F)F)c2)c1. The predicted octanol–water partition coefficient (Wildman–Crippen LogP) is 4.21. The van der Waals surface area contributed by atoms with Gasteiger partial charge in [-0.1, -0.05) is 6.07 Å². The smallest absolute Gasteiger partial charge is 0.416 e. The first-order valence-corrected chi connectivity index (χ1v) is 7.46. The van der Waals surface area contributed by atoms with Crippen molar-refractivity contribution in [1.82, 2.24) is 5.32 Å². The zero-order valence-electron chi connectivity index (χ0n) is 14.0. The molecule has 2 aromatic carbocycles. The molecule has 0 heterocycles. The Bertz CT molecular complexity index is 759. The van der Waals surface area contributed by atoms with Crippen LogP contribution in [0, 0.1) is 0 Å². The first-order chi connectivity index (χ1) is 11.8. The van der Waals surface area contributed by atoms with Crippen molar-refractivity contribution in [2.75, 3.05) is 14.2 Å². The van der Waals surface area contributed by atoms with Gasteiger partial charge in [-0.25, -0.2) is 0 Å². The first kappa shape index (κ1) is 18.6. The topological polar surface area (TPSA) is 47.6 Å². The maximum absolute atomic E-state index is 12.8. The van der Waals surface area contributed by atoms with Crippen LogP contribution in [0.2, 0.25) is 0 Å². The minimum atomic E-state index is -4.50. The molecule has 0 aromatic heterocycles. The molecule has 134 valence electrons. The molecule has 1 amide bonds. The van der Waals surface area contributed by atoms with Crippen molar-refractivity contribution < 1.29 is 27.4 Å². The molecule has 1 N–H and O–H groups in total. The summed E-state index contributed by atoms with van der Waals surface area (Å²) < 4.78 is 48.8. The third-order valence-corrected chi connectivity index (χ3v) is 3.70. The Morgan fingerprint density at radius 1 is 1.08 bits per heavy atom. The number of ether oxygens (including phenoxy) is 2. The second-order valence-corrected chi connectivity index (χ2v) is 5.38. The molecule has 2 rings (SSSR count). The molecule has 0 fully saturated rings. The van der Waals surface area contributed by atoms with Crippen molar-refractivity contribution >= 4 is 5.91 Å². The quantitative estimate of drug-likeness (QED) is 0.876. The molecule has 2 aromatic rings. The van der Waals surface area contributed by atoms with Crippen molar-refractivity contribution in [3.63, 3.8) is 0 Å². The second kappa shape index (κ2) is 7.46. The lowest BCUT2D eigenvalue weighted by molar-refractivity contribution is -0.137. The van der Waals surface area contributed by atoms with Crippen LogP contribution in [0.25, 0.3) is 0 Å². The van der Waals surface area contributed by atoms with Crippen LogP contribution < -0.4 is 14.8 Å². The molecule has 4 nitrogen and oxygen atoms in total. The Hall–Kier alpha value is -2.70. The van der Waals surface area contributed by atoms with Crippen LogP contribution in [0.1, 0.15) is 34.5 Å². The van der Waals surface area contributed by atoms with Crippen LogP contribution in [0.3, 0.4) is 0 Å². The van der Waals surface area contributed by atoms with Gasteiger partial charge in [0.1, 0.15) is 11.5 Å². The van der Waals surface area contributed by atoms with Crippen LogP contribution in [0.15, 0.2) is 42.5 Å². The average Bonchev–Trinajstić information content (AvgIpc) is 2.60. The fourth-order valence-electron chi connectivity index (χ4n) is 2.37. The Morgan fingerprint density at radius 2 is 1.80 bits per heavy atom. The lowest BCUT2D eigenvalue weighted by Gasteiger charge is -2.18. The molecule has 0 aliphatic carbocycles. The minimum absolute atomic E-state index is 0.0662. The summed E-state index contributed by atoms with van der Waals surface area (Å²) >= 11 is 0. The van der Waals surface area contributed by atoms with E-state index in [0.717, 1.165) is 12.1 Å². The lowest BCUT2D eigenvalue weighted by atomic mass is 10.1. The van der Waals surface area contributed by atoms with E-state index in [1.165, 1.54) is 26.4 Å². The third-order valence-electron chi connectivity index (χ3n) is 3.70. The molecule has 0 saturated heterocycles. The van der Waals surface area contributed by atoms with Crippen molar-refractivity contribution in [2.24, 2.45) is 0 Å². The highest BCUT2D eigenvalue weighted by atomic mass is 19.4. The number of hydrogen-bond donors (Lipinski definition) is 1. The van der Waals surface area contributed by atoms with Crippen molar-refractivity contribution in [3.05, 3.63) is 59.2 Å². The van der Waals surface area contributed by atoms with Gasteiger partial charge >= 0.3 is 6.18 Å². The minimum Gasteiger partial charge on any atom is -0.497 e. The van der Waals surface area contributed by atoms with E-state index >= 15 is 0 Å². The van der Waals surface area contributed by atoms with E-state index < -0.39 is 23.7 Å². The Labute approximate surface area is 143 Å². The standard InChI is InChI=1S/C18H18F3NO3/c1-11(15-10-14(24-2)7-8-16(15)25-3)22-17(23)12-5-4-6-13(9-12)18(19,20)21/h4-11H,1-3H3,(H,22,23). The monoisotopic (exact) mass is 353 g/mol. The van der Waals surface area contributed by atoms with Gasteiger partial charge in [-0.3, -0.25) is 4.79 Å². The van der Waals surface area contributed by atoms with Gasteiger partial charge in [0.25, 0.3) is 5.91 Å². The van der Waals surface area contributed by atoms with Gasteiger partial charge in [0.05, 0.1) is 25.8 Å². The number of alkyl halides is 3. The van der Waals surface area contributed by atoms with Gasteiger partial charge in [-0.15, -0.1) is 0 Å². The summed E-state index contributed by atoms with van der Waals surface area (Å²) in [6, 6.07) is 8.90. The normalized spacial score (nSPS) is 12.4. The van der Waals surface area contributed by atoms with E-state index in [4.69, 9.17) is 9.47 Å². The fraction of sp³-hybridized carbons (Fsp3) is 0.278.